The fraction of sp³-hybridized carbons (Fsp3) is 0.294. The van der Waals surface area contributed by atoms with E-state index < -0.39 is 0 Å². The van der Waals surface area contributed by atoms with Gasteiger partial charge in [-0.2, -0.15) is 0 Å². The first-order valence-corrected chi connectivity index (χ1v) is 9.84. The second-order valence-electron chi connectivity index (χ2n) is 5.56. The zero-order valence-corrected chi connectivity index (χ0v) is 16.4. The number of nitrogens with one attached hydrogen (secondary N) is 1. The molecule has 3 aromatic heterocycles. The smallest absolute Gasteiger partial charge is 0.240 e. The Morgan fingerprint density at radius 2 is 2.30 bits per heavy atom. The minimum Gasteiger partial charge on any atom is -0.491 e. The van der Waals surface area contributed by atoms with Gasteiger partial charge in [-0.3, -0.25) is 9.59 Å². The van der Waals surface area contributed by atoms with Crippen LogP contribution < -0.4 is 15.5 Å². The number of rotatable bonds is 8. The van der Waals surface area contributed by atoms with Gasteiger partial charge < -0.3 is 19.0 Å². The minimum absolute atomic E-state index is 0.0579. The number of amides is 1. The summed E-state index contributed by atoms with van der Waals surface area (Å²) < 4.78 is 12.8. The molecule has 3 aromatic rings. The lowest BCUT2D eigenvalue weighted by Crippen LogP contribution is -2.28. The second kappa shape index (κ2) is 8.87. The molecule has 0 spiro atoms. The van der Waals surface area contributed by atoms with Crippen LogP contribution in [0.25, 0.3) is 0 Å². The van der Waals surface area contributed by atoms with E-state index in [1.54, 1.807) is 29.2 Å². The first kappa shape index (κ1) is 19.2. The number of aromatic nitrogens is 3. The van der Waals surface area contributed by atoms with E-state index in [-0.39, 0.29) is 23.6 Å². The summed E-state index contributed by atoms with van der Waals surface area (Å²) >= 11 is 2.95. The number of hydrogen-bond acceptors (Lipinski definition) is 8. The van der Waals surface area contributed by atoms with Gasteiger partial charge in [-0.25, -0.2) is 0 Å². The second-order valence-corrected chi connectivity index (χ2v) is 7.96. The molecule has 0 aliphatic carbocycles. The maximum absolute atomic E-state index is 12.3. The van der Waals surface area contributed by atoms with Gasteiger partial charge in [-0.1, -0.05) is 23.1 Å². The normalized spacial score (nSPS) is 10.7. The predicted molar refractivity (Wildman–Crippen MR) is 102 cm³/mol. The molecule has 0 saturated carbocycles. The average molecular weight is 406 g/mol. The van der Waals surface area contributed by atoms with Crippen LogP contribution in [0, 0.1) is 6.92 Å². The Bertz CT molecular complexity index is 966. The molecule has 0 bridgehead atoms. The zero-order valence-electron chi connectivity index (χ0n) is 14.8. The zero-order chi connectivity index (χ0) is 19.2. The summed E-state index contributed by atoms with van der Waals surface area (Å²) in [7, 11) is 1.43. The van der Waals surface area contributed by atoms with Crippen molar-refractivity contribution in [3.63, 3.8) is 0 Å². The third-order valence-electron chi connectivity index (χ3n) is 3.61. The standard InChI is InChI=1S/C17H18N4O4S2/c1-11-19-20-17(27-11)26-10-12-6-14(22)15(24-2)8-21(12)9-16(23)18-7-13-4-3-5-25-13/h3-6,8H,7,9-10H2,1-2H3,(H,18,23). The van der Waals surface area contributed by atoms with E-state index in [1.807, 2.05) is 6.92 Å². The van der Waals surface area contributed by atoms with Crippen molar-refractivity contribution >= 4 is 29.0 Å². The van der Waals surface area contributed by atoms with Crippen molar-refractivity contribution in [3.8, 4) is 5.75 Å². The molecular formula is C17H18N4O4S2. The van der Waals surface area contributed by atoms with Crippen molar-refractivity contribution in [1.29, 1.82) is 0 Å². The van der Waals surface area contributed by atoms with E-state index in [9.17, 15) is 9.59 Å². The summed E-state index contributed by atoms with van der Waals surface area (Å²) in [6.45, 7) is 2.24. The summed E-state index contributed by atoms with van der Waals surface area (Å²) in [5.74, 6) is 1.15. The number of pyridine rings is 1. The van der Waals surface area contributed by atoms with Crippen LogP contribution in [0.15, 0.2) is 44.2 Å². The largest absolute Gasteiger partial charge is 0.491 e. The van der Waals surface area contributed by atoms with Crippen molar-refractivity contribution in [3.05, 3.63) is 57.3 Å². The maximum Gasteiger partial charge on any atom is 0.240 e. The van der Waals surface area contributed by atoms with Gasteiger partial charge in [-0.05, 0) is 19.1 Å². The van der Waals surface area contributed by atoms with Gasteiger partial charge in [0.1, 0.15) is 17.3 Å². The number of methoxy groups -OCH3 is 1. The summed E-state index contributed by atoms with van der Waals surface area (Å²) in [5, 5.41) is 11.7. The van der Waals surface area contributed by atoms with Crippen LogP contribution in [0.3, 0.4) is 0 Å². The number of carbonyl (C=O) groups excluding carboxylic acids is 1. The van der Waals surface area contributed by atoms with Gasteiger partial charge in [0.15, 0.2) is 10.1 Å². The monoisotopic (exact) mass is 406 g/mol. The number of nitrogens with zero attached hydrogens (tertiary/aromatic N) is 3. The molecule has 0 atom stereocenters. The van der Waals surface area contributed by atoms with E-state index in [4.69, 9.17) is 9.15 Å². The van der Waals surface area contributed by atoms with E-state index >= 15 is 0 Å². The van der Waals surface area contributed by atoms with Crippen LogP contribution in [0.1, 0.15) is 16.5 Å². The van der Waals surface area contributed by atoms with Crippen LogP contribution in [-0.4, -0.2) is 27.8 Å². The van der Waals surface area contributed by atoms with Crippen molar-refractivity contribution in [2.75, 3.05) is 7.11 Å². The molecular weight excluding hydrogens is 388 g/mol. The van der Waals surface area contributed by atoms with E-state index in [2.05, 4.69) is 15.5 Å². The highest BCUT2D eigenvalue weighted by atomic mass is 32.2. The van der Waals surface area contributed by atoms with Gasteiger partial charge >= 0.3 is 0 Å². The molecule has 142 valence electrons. The van der Waals surface area contributed by atoms with Crippen molar-refractivity contribution in [1.82, 2.24) is 20.1 Å². The first-order valence-electron chi connectivity index (χ1n) is 8.04. The Hall–Kier alpha value is -2.59. The van der Waals surface area contributed by atoms with E-state index in [1.165, 1.54) is 36.3 Å². The molecule has 8 nitrogen and oxygen atoms in total. The molecule has 0 aliphatic heterocycles. The number of ether oxygens (including phenoxy) is 1. The lowest BCUT2D eigenvalue weighted by Gasteiger charge is -2.14. The summed E-state index contributed by atoms with van der Waals surface area (Å²) in [5.41, 5.74) is 0.473. The Balaban J connectivity index is 1.72. The highest BCUT2D eigenvalue weighted by molar-refractivity contribution is 8.00. The number of furan rings is 1. The highest BCUT2D eigenvalue weighted by Crippen LogP contribution is 2.25. The molecule has 3 rings (SSSR count). The van der Waals surface area contributed by atoms with Gasteiger partial charge in [0.05, 0.1) is 26.1 Å². The number of thioether (sulfide) groups is 1. The molecule has 0 radical (unpaired) electrons. The lowest BCUT2D eigenvalue weighted by atomic mass is 10.3. The van der Waals surface area contributed by atoms with Crippen LogP contribution in [0.2, 0.25) is 0 Å². The van der Waals surface area contributed by atoms with Crippen LogP contribution in [-0.2, 0) is 23.6 Å². The van der Waals surface area contributed by atoms with Crippen molar-refractivity contribution in [2.45, 2.75) is 30.1 Å². The SMILES string of the molecule is COc1cn(CC(=O)NCc2ccco2)c(CSc2nnc(C)s2)cc1=O. The Kier molecular flexibility index (Phi) is 6.30. The third kappa shape index (κ3) is 5.20. The molecule has 3 heterocycles. The Morgan fingerprint density at radius 1 is 1.44 bits per heavy atom. The molecule has 0 saturated heterocycles. The topological polar surface area (TPSA) is 99.2 Å². The molecule has 0 aromatic carbocycles. The van der Waals surface area contributed by atoms with Crippen LogP contribution in [0.4, 0.5) is 0 Å². The maximum atomic E-state index is 12.3. The molecule has 0 fully saturated rings. The van der Waals surface area contributed by atoms with E-state index in [0.717, 1.165) is 9.35 Å². The average Bonchev–Trinajstić information content (AvgIpc) is 3.31. The summed E-state index contributed by atoms with van der Waals surface area (Å²) in [4.78, 5) is 24.4. The predicted octanol–water partition coefficient (Wildman–Crippen LogP) is 2.22. The lowest BCUT2D eigenvalue weighted by molar-refractivity contribution is -0.121. The molecule has 10 heteroatoms. The van der Waals surface area contributed by atoms with Crippen molar-refractivity contribution in [2.24, 2.45) is 0 Å². The van der Waals surface area contributed by atoms with Gasteiger partial charge in [0.2, 0.25) is 11.3 Å². The van der Waals surface area contributed by atoms with Gasteiger partial charge in [0.25, 0.3) is 0 Å². The number of aryl methyl sites for hydroxylation is 1. The minimum atomic E-state index is -0.228. The Labute approximate surface area is 163 Å². The Morgan fingerprint density at radius 3 is 2.96 bits per heavy atom. The molecule has 0 unspecified atom stereocenters. The number of carbonyl (C=O) groups is 1. The van der Waals surface area contributed by atoms with Crippen LogP contribution in [0.5, 0.6) is 5.75 Å². The number of hydrogen-bond donors (Lipinski definition) is 1. The molecule has 1 amide bonds. The molecule has 27 heavy (non-hydrogen) atoms. The van der Waals surface area contributed by atoms with Gasteiger partial charge in [0, 0.05) is 17.5 Å². The highest BCUT2D eigenvalue weighted by Gasteiger charge is 2.12. The molecule has 1 N–H and O–H groups in total. The summed E-state index contributed by atoms with van der Waals surface area (Å²) in [6.07, 6.45) is 3.11. The third-order valence-corrected chi connectivity index (χ3v) is 5.61. The fourth-order valence-corrected chi connectivity index (χ4v) is 4.11. The fourth-order valence-electron chi connectivity index (χ4n) is 2.30. The quantitative estimate of drug-likeness (QED) is 0.573. The van der Waals surface area contributed by atoms with Crippen LogP contribution >= 0.6 is 23.1 Å². The first-order chi connectivity index (χ1) is 13.0. The summed E-state index contributed by atoms with van der Waals surface area (Å²) in [6, 6.07) is 5.03. The molecule has 0 aliphatic rings. The van der Waals surface area contributed by atoms with Crippen molar-refractivity contribution < 1.29 is 13.9 Å². The van der Waals surface area contributed by atoms with E-state index in [0.29, 0.717) is 23.8 Å². The van der Waals surface area contributed by atoms with Gasteiger partial charge in [-0.15, -0.1) is 10.2 Å².